The molecule has 0 saturated carbocycles. The predicted octanol–water partition coefficient (Wildman–Crippen LogP) is 3.15. The van der Waals surface area contributed by atoms with Gasteiger partial charge in [0.2, 0.25) is 0 Å². The average Bonchev–Trinajstić information content (AvgIpc) is 1.21. The molecule has 48 valence electrons. The summed E-state index contributed by atoms with van der Waals surface area (Å²) in [6.45, 7) is 3.86. The second-order valence-corrected chi connectivity index (χ2v) is 21.6. The van der Waals surface area contributed by atoms with Crippen molar-refractivity contribution in [1.29, 1.82) is 0 Å². The van der Waals surface area contributed by atoms with Gasteiger partial charge in [0, 0.05) is 0 Å². The van der Waals surface area contributed by atoms with E-state index >= 15 is 0 Å². The second-order valence-electron chi connectivity index (χ2n) is 1.76. The van der Waals surface area contributed by atoms with Crippen LogP contribution >= 0.6 is 26.8 Å². The van der Waals surface area contributed by atoms with Crippen molar-refractivity contribution in [2.75, 3.05) is 0 Å². The van der Waals surface area contributed by atoms with Crippen LogP contribution in [0.1, 0.15) is 13.8 Å². The number of hydrogen-bond acceptors (Lipinski definition) is 0. The van der Waals surface area contributed by atoms with E-state index in [-0.39, 0.29) is 0 Å². The van der Waals surface area contributed by atoms with Crippen molar-refractivity contribution in [3.63, 3.8) is 0 Å². The van der Waals surface area contributed by atoms with Crippen molar-refractivity contribution in [1.82, 2.24) is 0 Å². The van der Waals surface area contributed by atoms with Gasteiger partial charge in [0.25, 0.3) is 0 Å². The van der Waals surface area contributed by atoms with Gasteiger partial charge in [0.05, 0.1) is 0 Å². The zero-order chi connectivity index (χ0) is 6.78. The van der Waals surface area contributed by atoms with Gasteiger partial charge in [0.15, 0.2) is 0 Å². The van der Waals surface area contributed by atoms with E-state index in [4.69, 9.17) is 26.8 Å². The van der Waals surface area contributed by atoms with Gasteiger partial charge in [-0.1, -0.05) is 0 Å². The quantitative estimate of drug-likeness (QED) is 0.647. The third kappa shape index (κ3) is 7.41. The summed E-state index contributed by atoms with van der Waals surface area (Å²) in [5.41, 5.74) is 1.10. The van der Waals surface area contributed by atoms with E-state index in [9.17, 15) is 0 Å². The van der Waals surface area contributed by atoms with Crippen LogP contribution in [0, 0.1) is 0 Å². The van der Waals surface area contributed by atoms with Crippen LogP contribution in [0.25, 0.3) is 0 Å². The number of hydrogen-bond donors (Lipinski definition) is 0. The van der Waals surface area contributed by atoms with E-state index in [2.05, 4.69) is 0 Å². The zero-order valence-electron chi connectivity index (χ0n) is 4.71. The van der Waals surface area contributed by atoms with E-state index < -0.39 is 15.0 Å². The van der Waals surface area contributed by atoms with Crippen LogP contribution in [-0.2, 0) is 0 Å². The molecule has 0 spiro atoms. The Hall–Kier alpha value is 1.41. The molecule has 0 radical (unpaired) electrons. The SMILES string of the molecule is CC(C)=[CH][Sn]([Cl])([Cl])[Cl]. The first-order valence-corrected chi connectivity index (χ1v) is 14.6. The number of rotatable bonds is 1. The molecule has 8 heavy (non-hydrogen) atoms. The standard InChI is InChI=1S/C4H7.3ClH.Sn/c1-4(2)3;;;;/h1H,2-3H3;3*1H;/q;;;;+3/p-3. The predicted molar refractivity (Wildman–Crippen MR) is 42.7 cm³/mol. The van der Waals surface area contributed by atoms with Crippen molar-refractivity contribution in [3.05, 3.63) is 9.67 Å². The molecule has 0 aromatic heterocycles. The normalized spacial score (nSPS) is 11.1. The van der Waals surface area contributed by atoms with Crippen LogP contribution in [0.15, 0.2) is 9.67 Å². The fourth-order valence-corrected chi connectivity index (χ4v) is 6.59. The molecule has 0 aromatic carbocycles. The van der Waals surface area contributed by atoms with Gasteiger partial charge in [-0.15, -0.1) is 0 Å². The zero-order valence-corrected chi connectivity index (χ0v) is 9.83. The third-order valence-corrected chi connectivity index (χ3v) is 5.23. The summed E-state index contributed by atoms with van der Waals surface area (Å²) in [4.78, 5) is 0. The van der Waals surface area contributed by atoms with Crippen molar-refractivity contribution >= 4 is 41.8 Å². The summed E-state index contributed by atoms with van der Waals surface area (Å²) in [7, 11) is 16.8. The molecule has 4 heteroatoms. The molecule has 0 aliphatic heterocycles. The fourth-order valence-electron chi connectivity index (χ4n) is 0.327. The molecule has 0 bridgehead atoms. The number of halogens is 3. The molecule has 0 atom stereocenters. The van der Waals surface area contributed by atoms with Crippen LogP contribution in [0.5, 0.6) is 0 Å². The Balaban J connectivity index is 3.89. The Kier molecular flexibility index (Phi) is 4.17. The molecule has 0 rings (SSSR count). The summed E-state index contributed by atoms with van der Waals surface area (Å²) in [5.74, 6) is 0. The Morgan fingerprint density at radius 3 is 1.62 bits per heavy atom. The fraction of sp³-hybridized carbons (Fsp3) is 0.500. The first kappa shape index (κ1) is 9.41. The molecule has 0 aliphatic rings. The van der Waals surface area contributed by atoms with Crippen molar-refractivity contribution < 1.29 is 0 Å². The molecular formula is C4H7Cl3Sn. The monoisotopic (exact) mass is 280 g/mol. The van der Waals surface area contributed by atoms with Gasteiger partial charge in [-0.05, 0) is 0 Å². The van der Waals surface area contributed by atoms with E-state index in [1.54, 1.807) is 4.09 Å². The van der Waals surface area contributed by atoms with Gasteiger partial charge in [-0.3, -0.25) is 0 Å². The maximum absolute atomic E-state index is 5.59. The summed E-state index contributed by atoms with van der Waals surface area (Å²) >= 11 is -3.10. The Bertz CT molecular complexity index is 98.3. The first-order chi connectivity index (χ1) is 3.42. The van der Waals surface area contributed by atoms with Crippen LogP contribution in [0.2, 0.25) is 0 Å². The topological polar surface area (TPSA) is 0 Å². The van der Waals surface area contributed by atoms with E-state index in [1.807, 2.05) is 13.8 Å². The van der Waals surface area contributed by atoms with Crippen LogP contribution < -0.4 is 0 Å². The Morgan fingerprint density at radius 2 is 1.62 bits per heavy atom. The van der Waals surface area contributed by atoms with Gasteiger partial charge in [-0.25, -0.2) is 0 Å². The summed E-state index contributed by atoms with van der Waals surface area (Å²) in [5, 5.41) is 0. The van der Waals surface area contributed by atoms with Gasteiger partial charge in [0.1, 0.15) is 0 Å². The minimum absolute atomic E-state index is 1.10. The van der Waals surface area contributed by atoms with Gasteiger partial charge in [-0.2, -0.15) is 0 Å². The average molecular weight is 280 g/mol. The molecule has 0 amide bonds. The summed E-state index contributed by atoms with van der Waals surface area (Å²) in [6, 6.07) is 0. The van der Waals surface area contributed by atoms with E-state index in [0.717, 1.165) is 5.57 Å². The van der Waals surface area contributed by atoms with E-state index in [0.29, 0.717) is 0 Å². The molecular weight excluding hydrogens is 273 g/mol. The first-order valence-electron chi connectivity index (χ1n) is 2.14. The second kappa shape index (κ2) is 3.55. The van der Waals surface area contributed by atoms with Crippen molar-refractivity contribution in [2.45, 2.75) is 13.8 Å². The molecule has 0 heterocycles. The van der Waals surface area contributed by atoms with Crippen LogP contribution in [0.4, 0.5) is 0 Å². The molecule has 0 aliphatic carbocycles. The maximum atomic E-state index is 5.59. The summed E-state index contributed by atoms with van der Waals surface area (Å²) in [6.07, 6.45) is 0. The molecule has 0 N–H and O–H groups in total. The summed E-state index contributed by atoms with van der Waals surface area (Å²) < 4.78 is 1.78. The Morgan fingerprint density at radius 1 is 1.25 bits per heavy atom. The van der Waals surface area contributed by atoms with Gasteiger partial charge >= 0.3 is 65.3 Å². The Labute approximate surface area is 64.8 Å². The molecule has 0 aromatic rings. The number of allylic oxidation sites excluding steroid dienone is 1. The molecule has 0 nitrogen and oxygen atoms in total. The molecule has 0 unspecified atom stereocenters. The van der Waals surface area contributed by atoms with E-state index in [1.165, 1.54) is 0 Å². The van der Waals surface area contributed by atoms with Crippen molar-refractivity contribution in [2.24, 2.45) is 0 Å². The van der Waals surface area contributed by atoms with Crippen molar-refractivity contribution in [3.8, 4) is 0 Å². The van der Waals surface area contributed by atoms with Gasteiger partial charge < -0.3 is 0 Å². The third-order valence-electron chi connectivity index (χ3n) is 0.452. The van der Waals surface area contributed by atoms with Crippen LogP contribution in [0.3, 0.4) is 0 Å². The molecule has 0 saturated heterocycles. The molecule has 0 fully saturated rings. The van der Waals surface area contributed by atoms with Crippen LogP contribution in [-0.4, -0.2) is 15.0 Å². The minimum atomic E-state index is -3.10.